The van der Waals surface area contributed by atoms with Gasteiger partial charge in [-0.1, -0.05) is 28.1 Å². The maximum Gasteiger partial charge on any atom is 0.180 e. The minimum Gasteiger partial charge on any atom is -0.375 e. The van der Waals surface area contributed by atoms with Gasteiger partial charge in [0.25, 0.3) is 0 Å². The van der Waals surface area contributed by atoms with Crippen LogP contribution < -0.4 is 5.73 Å². The Kier molecular flexibility index (Phi) is 7.44. The standard InChI is InChI=1S/C14H16BrN3S.2ClH/c15-11-3-1-2-10(8-11)9-18-6-4-12-13(5-7-18)19-14(16)17-12;;/h1-3,8H,4-7,9H2,(H2,16,17);2*1H. The van der Waals surface area contributed by atoms with Crippen molar-refractivity contribution in [2.45, 2.75) is 19.4 Å². The summed E-state index contributed by atoms with van der Waals surface area (Å²) in [6.07, 6.45) is 2.08. The lowest BCUT2D eigenvalue weighted by atomic mass is 10.2. The monoisotopic (exact) mass is 409 g/mol. The first-order valence-electron chi connectivity index (χ1n) is 6.41. The first-order chi connectivity index (χ1) is 9.20. The van der Waals surface area contributed by atoms with Gasteiger partial charge in [-0.3, -0.25) is 4.90 Å². The molecule has 116 valence electrons. The number of hydrogen-bond donors (Lipinski definition) is 1. The number of halogens is 3. The van der Waals surface area contributed by atoms with Crippen molar-refractivity contribution < 1.29 is 0 Å². The van der Waals surface area contributed by atoms with Gasteiger partial charge in [0.05, 0.1) is 5.69 Å². The van der Waals surface area contributed by atoms with Crippen molar-refractivity contribution in [3.63, 3.8) is 0 Å². The molecule has 0 radical (unpaired) electrons. The second kappa shape index (κ2) is 8.34. The smallest absolute Gasteiger partial charge is 0.180 e. The van der Waals surface area contributed by atoms with Crippen LogP contribution in [0, 0.1) is 0 Å². The van der Waals surface area contributed by atoms with E-state index in [4.69, 9.17) is 5.73 Å². The van der Waals surface area contributed by atoms with E-state index in [9.17, 15) is 0 Å². The van der Waals surface area contributed by atoms with E-state index in [1.54, 1.807) is 11.3 Å². The Morgan fingerprint density at radius 1 is 1.24 bits per heavy atom. The summed E-state index contributed by atoms with van der Waals surface area (Å²) in [5.74, 6) is 0. The van der Waals surface area contributed by atoms with Crippen molar-refractivity contribution in [3.05, 3.63) is 44.9 Å². The van der Waals surface area contributed by atoms with Crippen LogP contribution in [0.25, 0.3) is 0 Å². The van der Waals surface area contributed by atoms with E-state index in [1.165, 1.54) is 16.1 Å². The number of rotatable bonds is 2. The molecule has 0 amide bonds. The molecule has 21 heavy (non-hydrogen) atoms. The van der Waals surface area contributed by atoms with Crippen LogP contribution in [0.1, 0.15) is 16.1 Å². The molecule has 1 aliphatic heterocycles. The minimum absolute atomic E-state index is 0. The molecule has 1 aromatic carbocycles. The summed E-state index contributed by atoms with van der Waals surface area (Å²) in [6.45, 7) is 3.15. The molecule has 0 unspecified atom stereocenters. The van der Waals surface area contributed by atoms with Crippen molar-refractivity contribution in [3.8, 4) is 0 Å². The van der Waals surface area contributed by atoms with Crippen molar-refractivity contribution in [2.24, 2.45) is 0 Å². The average molecular weight is 411 g/mol. The molecule has 1 aliphatic rings. The predicted molar refractivity (Wildman–Crippen MR) is 97.8 cm³/mol. The Morgan fingerprint density at radius 2 is 2.00 bits per heavy atom. The number of thiazole rings is 1. The number of fused-ring (bicyclic) bond motifs is 1. The first kappa shape index (κ1) is 18.7. The molecule has 2 heterocycles. The largest absolute Gasteiger partial charge is 0.375 e. The number of hydrogen-bond acceptors (Lipinski definition) is 4. The van der Waals surface area contributed by atoms with Crippen LogP contribution in [0.3, 0.4) is 0 Å². The van der Waals surface area contributed by atoms with E-state index in [0.717, 1.165) is 36.9 Å². The molecule has 0 fully saturated rings. The highest BCUT2D eigenvalue weighted by atomic mass is 79.9. The van der Waals surface area contributed by atoms with E-state index < -0.39 is 0 Å². The van der Waals surface area contributed by atoms with Crippen LogP contribution in [0.2, 0.25) is 0 Å². The summed E-state index contributed by atoms with van der Waals surface area (Å²) in [5.41, 5.74) is 8.33. The summed E-state index contributed by atoms with van der Waals surface area (Å²) in [7, 11) is 0. The lowest BCUT2D eigenvalue weighted by Crippen LogP contribution is -2.26. The highest BCUT2D eigenvalue weighted by molar-refractivity contribution is 9.10. The van der Waals surface area contributed by atoms with E-state index in [0.29, 0.717) is 5.13 Å². The van der Waals surface area contributed by atoms with Gasteiger partial charge in [-0.15, -0.1) is 36.2 Å². The zero-order valence-corrected chi connectivity index (χ0v) is 15.5. The van der Waals surface area contributed by atoms with Gasteiger partial charge in [-0.2, -0.15) is 0 Å². The van der Waals surface area contributed by atoms with Crippen LogP contribution in [0.4, 0.5) is 5.13 Å². The number of benzene rings is 1. The first-order valence-corrected chi connectivity index (χ1v) is 8.02. The van der Waals surface area contributed by atoms with Gasteiger partial charge in [-0.25, -0.2) is 4.98 Å². The fourth-order valence-electron chi connectivity index (χ4n) is 2.48. The van der Waals surface area contributed by atoms with E-state index in [-0.39, 0.29) is 24.8 Å². The van der Waals surface area contributed by atoms with Crippen LogP contribution >= 0.6 is 52.1 Å². The number of nitrogens with zero attached hydrogens (tertiary/aromatic N) is 2. The summed E-state index contributed by atoms with van der Waals surface area (Å²) in [5, 5.41) is 0.713. The third kappa shape index (κ3) is 4.83. The van der Waals surface area contributed by atoms with Crippen molar-refractivity contribution in [1.82, 2.24) is 9.88 Å². The Hall–Kier alpha value is -0.330. The van der Waals surface area contributed by atoms with Crippen molar-refractivity contribution in [1.29, 1.82) is 0 Å². The summed E-state index contributed by atoms with van der Waals surface area (Å²) in [4.78, 5) is 8.29. The molecule has 1 aromatic heterocycles. The molecule has 0 saturated heterocycles. The molecule has 0 bridgehead atoms. The van der Waals surface area contributed by atoms with Gasteiger partial charge in [0.2, 0.25) is 0 Å². The molecule has 0 aliphatic carbocycles. The molecule has 2 aromatic rings. The zero-order chi connectivity index (χ0) is 13.2. The lowest BCUT2D eigenvalue weighted by molar-refractivity contribution is 0.279. The van der Waals surface area contributed by atoms with Gasteiger partial charge < -0.3 is 5.73 Å². The molecule has 2 N–H and O–H groups in total. The third-order valence-electron chi connectivity index (χ3n) is 3.41. The van der Waals surface area contributed by atoms with Gasteiger partial charge in [-0.05, 0) is 24.1 Å². The third-order valence-corrected chi connectivity index (χ3v) is 4.89. The lowest BCUT2D eigenvalue weighted by Gasteiger charge is -2.19. The highest BCUT2D eigenvalue weighted by Crippen LogP contribution is 2.25. The number of nitrogen functional groups attached to an aromatic ring is 1. The maximum absolute atomic E-state index is 5.77. The van der Waals surface area contributed by atoms with E-state index >= 15 is 0 Å². The second-order valence-corrected chi connectivity index (χ2v) is 6.86. The fraction of sp³-hybridized carbons (Fsp3) is 0.357. The van der Waals surface area contributed by atoms with Crippen LogP contribution in [-0.4, -0.2) is 23.0 Å². The quantitative estimate of drug-likeness (QED) is 0.815. The summed E-state index contributed by atoms with van der Waals surface area (Å²) < 4.78 is 1.15. The van der Waals surface area contributed by atoms with Crippen molar-refractivity contribution >= 4 is 57.2 Å². The molecular weight excluding hydrogens is 393 g/mol. The molecule has 0 spiro atoms. The minimum atomic E-state index is 0. The Bertz CT molecular complexity index is 566. The number of aromatic nitrogens is 1. The molecule has 3 nitrogen and oxygen atoms in total. The highest BCUT2D eigenvalue weighted by Gasteiger charge is 2.17. The second-order valence-electron chi connectivity index (χ2n) is 4.83. The normalized spacial score (nSPS) is 14.5. The van der Waals surface area contributed by atoms with Gasteiger partial charge in [0, 0.05) is 35.4 Å². The van der Waals surface area contributed by atoms with Crippen LogP contribution in [0.15, 0.2) is 28.7 Å². The zero-order valence-electron chi connectivity index (χ0n) is 11.4. The molecular formula is C14H18BrCl2N3S. The fourth-order valence-corrected chi connectivity index (χ4v) is 3.79. The number of anilines is 1. The van der Waals surface area contributed by atoms with Gasteiger partial charge >= 0.3 is 0 Å². The molecule has 0 saturated carbocycles. The SMILES string of the molecule is Cl.Cl.Nc1nc2c(s1)CCN(Cc1cccc(Br)c1)CC2. The molecule has 3 rings (SSSR count). The van der Waals surface area contributed by atoms with Crippen molar-refractivity contribution in [2.75, 3.05) is 18.8 Å². The predicted octanol–water partition coefficient (Wildman–Crippen LogP) is 3.93. The molecule has 0 atom stereocenters. The van der Waals surface area contributed by atoms with E-state index in [1.807, 2.05) is 0 Å². The van der Waals surface area contributed by atoms with E-state index in [2.05, 4.69) is 50.1 Å². The van der Waals surface area contributed by atoms with Gasteiger partial charge in [0.1, 0.15) is 0 Å². The topological polar surface area (TPSA) is 42.1 Å². The maximum atomic E-state index is 5.77. The van der Waals surface area contributed by atoms with Gasteiger partial charge in [0.15, 0.2) is 5.13 Å². The molecule has 7 heteroatoms. The average Bonchev–Trinajstić information content (AvgIpc) is 2.64. The Labute approximate surface area is 149 Å². The Morgan fingerprint density at radius 3 is 2.76 bits per heavy atom. The van der Waals surface area contributed by atoms with Crippen LogP contribution in [0.5, 0.6) is 0 Å². The summed E-state index contributed by atoms with van der Waals surface area (Å²) in [6, 6.07) is 8.53. The number of nitrogens with two attached hydrogens (primary N) is 1. The van der Waals surface area contributed by atoms with Crippen LogP contribution in [-0.2, 0) is 19.4 Å². The Balaban J connectivity index is 0.00000110. The summed E-state index contributed by atoms with van der Waals surface area (Å²) >= 11 is 5.17.